The lowest BCUT2D eigenvalue weighted by Crippen LogP contribution is -2.61. The number of benzene rings is 2. The fourth-order valence-corrected chi connectivity index (χ4v) is 7.09. The highest BCUT2D eigenvalue weighted by Gasteiger charge is 2.64. The number of carbonyl (C=O) groups is 1. The van der Waals surface area contributed by atoms with Crippen LogP contribution in [0.25, 0.3) is 0 Å². The Morgan fingerprint density at radius 3 is 2.67 bits per heavy atom. The first-order chi connectivity index (χ1) is 19.2. The monoisotopic (exact) mass is 562 g/mol. The molecule has 3 aliphatic heterocycles. The minimum Gasteiger partial charge on any atom is -0.496 e. The van der Waals surface area contributed by atoms with Gasteiger partial charge in [-0.3, -0.25) is 4.79 Å². The van der Waals surface area contributed by atoms with Crippen molar-refractivity contribution in [3.8, 4) is 11.5 Å². The molecule has 5 atom stereocenters. The van der Waals surface area contributed by atoms with Crippen LogP contribution >= 0.6 is 0 Å². The Labute approximate surface area is 232 Å². The summed E-state index contributed by atoms with van der Waals surface area (Å²) in [5.41, 5.74) is 0.617. The molecule has 2 aromatic rings. The van der Waals surface area contributed by atoms with E-state index >= 15 is 0 Å². The summed E-state index contributed by atoms with van der Waals surface area (Å²) in [5, 5.41) is 6.91. The van der Waals surface area contributed by atoms with Crippen LogP contribution < -0.4 is 20.1 Å². The lowest BCUT2D eigenvalue weighted by atomic mass is 9.67. The summed E-state index contributed by atoms with van der Waals surface area (Å²) in [7, 11) is 3.15. The van der Waals surface area contributed by atoms with Crippen LogP contribution in [-0.4, -0.2) is 57.9 Å². The molecule has 1 spiro atoms. The second-order valence-corrected chi connectivity index (χ2v) is 11.1. The third-order valence-electron chi connectivity index (χ3n) is 8.78. The molecule has 10 heteroatoms. The molecule has 0 aromatic heterocycles. The largest absolute Gasteiger partial charge is 0.573 e. The van der Waals surface area contributed by atoms with Crippen molar-refractivity contribution in [2.75, 3.05) is 34.0 Å². The molecule has 1 unspecified atom stereocenters. The van der Waals surface area contributed by atoms with Crippen LogP contribution in [0.3, 0.4) is 0 Å². The molecule has 0 aliphatic carbocycles. The maximum Gasteiger partial charge on any atom is 0.573 e. The highest BCUT2D eigenvalue weighted by atomic mass is 19.4. The van der Waals surface area contributed by atoms with E-state index in [2.05, 4.69) is 27.5 Å². The minimum atomic E-state index is -4.78. The van der Waals surface area contributed by atoms with E-state index in [0.717, 1.165) is 31.2 Å². The Balaban J connectivity index is 1.41. The zero-order chi connectivity index (χ0) is 28.4. The molecule has 3 fully saturated rings. The number of halogens is 3. The average molecular weight is 563 g/mol. The molecule has 1 amide bonds. The van der Waals surface area contributed by atoms with E-state index in [-0.39, 0.29) is 29.5 Å². The van der Waals surface area contributed by atoms with Gasteiger partial charge in [-0.05, 0) is 61.8 Å². The van der Waals surface area contributed by atoms with E-state index in [9.17, 15) is 18.0 Å². The van der Waals surface area contributed by atoms with Gasteiger partial charge in [0.25, 0.3) is 0 Å². The first-order valence-electron chi connectivity index (χ1n) is 13.8. The standard InChI is InChI=1S/C30H37F3N2O5/c1-37-14-6-13-34-27(36)15-20-18-29(22-7-4-3-5-8-22)28(12-11-25(20)35-29)17-21(19-39-28)24-16-23(40-30(31,32)33)9-10-26(24)38-2/h3-5,7-10,16,20-21,25,35H,6,11-15,17-19H2,1-2H3,(H,34,36)/t20?,21-,25-,28-,29-/m1/s1. The molecule has 0 saturated carbocycles. The number of ether oxygens (including phenoxy) is 4. The summed E-state index contributed by atoms with van der Waals surface area (Å²) in [6.45, 7) is 1.52. The minimum absolute atomic E-state index is 0.0316. The summed E-state index contributed by atoms with van der Waals surface area (Å²) in [5.74, 6) is 0.201. The van der Waals surface area contributed by atoms with Crippen molar-refractivity contribution in [2.24, 2.45) is 5.92 Å². The normalized spacial score (nSPS) is 29.5. The smallest absolute Gasteiger partial charge is 0.496 e. The van der Waals surface area contributed by atoms with Crippen molar-refractivity contribution >= 4 is 5.91 Å². The number of methoxy groups -OCH3 is 2. The summed E-state index contributed by atoms with van der Waals surface area (Å²) in [4.78, 5) is 12.8. The summed E-state index contributed by atoms with van der Waals surface area (Å²) >= 11 is 0. The Morgan fingerprint density at radius 2 is 1.95 bits per heavy atom. The van der Waals surface area contributed by atoms with E-state index in [0.29, 0.717) is 43.9 Å². The first kappa shape index (κ1) is 28.7. The fourth-order valence-electron chi connectivity index (χ4n) is 7.09. The number of rotatable bonds is 10. The van der Waals surface area contributed by atoms with Gasteiger partial charge in [-0.2, -0.15) is 0 Å². The van der Waals surface area contributed by atoms with E-state index in [4.69, 9.17) is 14.2 Å². The maximum absolute atomic E-state index is 13.0. The number of nitrogens with one attached hydrogen (secondary N) is 2. The first-order valence-corrected chi connectivity index (χ1v) is 13.8. The second kappa shape index (κ2) is 11.6. The molecule has 0 radical (unpaired) electrons. The quantitative estimate of drug-likeness (QED) is 0.395. The van der Waals surface area contributed by atoms with Crippen LogP contribution in [0.2, 0.25) is 0 Å². The third kappa shape index (κ3) is 5.66. The number of fused-ring (bicyclic) bond motifs is 3. The molecule has 218 valence electrons. The summed E-state index contributed by atoms with van der Waals surface area (Å²) in [6.07, 6.45) is -0.644. The van der Waals surface area contributed by atoms with Crippen molar-refractivity contribution in [2.45, 2.75) is 68.0 Å². The SMILES string of the molecule is COCCCNC(=O)CC1C[C@]2(c3ccccc3)N[C@@H]1CC[C@@]21C[C@@H](c2cc(OC(F)(F)F)ccc2OC)CO1. The Hall–Kier alpha value is -2.82. The molecule has 40 heavy (non-hydrogen) atoms. The van der Waals surface area contributed by atoms with Gasteiger partial charge in [0.2, 0.25) is 5.91 Å². The van der Waals surface area contributed by atoms with Crippen molar-refractivity contribution in [3.05, 3.63) is 59.7 Å². The van der Waals surface area contributed by atoms with Gasteiger partial charge < -0.3 is 29.6 Å². The van der Waals surface area contributed by atoms with Crippen LogP contribution in [0, 0.1) is 5.92 Å². The lowest BCUT2D eigenvalue weighted by molar-refractivity contribution is -0.274. The van der Waals surface area contributed by atoms with Gasteiger partial charge in [0.1, 0.15) is 11.5 Å². The Bertz CT molecular complexity index is 1180. The van der Waals surface area contributed by atoms with Crippen LogP contribution in [0.1, 0.15) is 55.6 Å². The molecule has 7 nitrogen and oxygen atoms in total. The number of amides is 1. The van der Waals surface area contributed by atoms with Gasteiger partial charge in [-0.1, -0.05) is 30.3 Å². The molecular formula is C30H37F3N2O5. The van der Waals surface area contributed by atoms with Crippen LogP contribution in [0.4, 0.5) is 13.2 Å². The predicted octanol–water partition coefficient (Wildman–Crippen LogP) is 5.05. The Kier molecular flexibility index (Phi) is 8.31. The van der Waals surface area contributed by atoms with Crippen molar-refractivity contribution in [1.29, 1.82) is 0 Å². The van der Waals surface area contributed by atoms with Gasteiger partial charge in [0, 0.05) is 44.2 Å². The lowest BCUT2D eigenvalue weighted by Gasteiger charge is -2.50. The van der Waals surface area contributed by atoms with Crippen LogP contribution in [-0.2, 0) is 19.8 Å². The molecule has 3 saturated heterocycles. The molecule has 2 bridgehead atoms. The van der Waals surface area contributed by atoms with E-state index < -0.39 is 17.5 Å². The van der Waals surface area contributed by atoms with E-state index in [1.807, 2.05) is 18.2 Å². The molecule has 5 rings (SSSR count). The zero-order valence-electron chi connectivity index (χ0n) is 22.9. The highest BCUT2D eigenvalue weighted by molar-refractivity contribution is 5.76. The number of carbonyl (C=O) groups excluding carboxylic acids is 1. The number of hydrogen-bond acceptors (Lipinski definition) is 6. The topological polar surface area (TPSA) is 78.1 Å². The zero-order valence-corrected chi connectivity index (χ0v) is 22.9. The van der Waals surface area contributed by atoms with E-state index in [1.54, 1.807) is 7.11 Å². The predicted molar refractivity (Wildman–Crippen MR) is 142 cm³/mol. The molecule has 2 aromatic carbocycles. The van der Waals surface area contributed by atoms with Crippen molar-refractivity contribution < 1.29 is 36.9 Å². The van der Waals surface area contributed by atoms with Gasteiger partial charge in [0.05, 0.1) is 24.9 Å². The van der Waals surface area contributed by atoms with Gasteiger partial charge >= 0.3 is 6.36 Å². The molecular weight excluding hydrogens is 525 g/mol. The third-order valence-corrected chi connectivity index (χ3v) is 8.78. The van der Waals surface area contributed by atoms with Gasteiger partial charge in [-0.15, -0.1) is 13.2 Å². The number of alkyl halides is 3. The Morgan fingerprint density at radius 1 is 1.15 bits per heavy atom. The highest BCUT2D eigenvalue weighted by Crippen LogP contribution is 2.59. The van der Waals surface area contributed by atoms with Gasteiger partial charge in [-0.25, -0.2) is 0 Å². The van der Waals surface area contributed by atoms with Gasteiger partial charge in [0.15, 0.2) is 0 Å². The molecule has 3 aliphatic rings. The van der Waals surface area contributed by atoms with Crippen molar-refractivity contribution in [1.82, 2.24) is 10.6 Å². The van der Waals surface area contributed by atoms with Crippen LogP contribution in [0.15, 0.2) is 48.5 Å². The number of piperidine rings is 1. The summed E-state index contributed by atoms with van der Waals surface area (Å²) < 4.78 is 60.5. The van der Waals surface area contributed by atoms with Crippen molar-refractivity contribution in [3.63, 3.8) is 0 Å². The molecule has 3 heterocycles. The molecule has 2 N–H and O–H groups in total. The second-order valence-electron chi connectivity index (χ2n) is 11.1. The average Bonchev–Trinajstić information content (AvgIpc) is 3.50. The number of hydrogen-bond donors (Lipinski definition) is 2. The maximum atomic E-state index is 13.0. The summed E-state index contributed by atoms with van der Waals surface area (Å²) in [6, 6.07) is 14.5. The fraction of sp³-hybridized carbons (Fsp3) is 0.567. The van der Waals surface area contributed by atoms with Crippen LogP contribution in [0.5, 0.6) is 11.5 Å². The van der Waals surface area contributed by atoms with E-state index in [1.165, 1.54) is 25.3 Å².